The van der Waals surface area contributed by atoms with E-state index in [2.05, 4.69) is 21.0 Å². The number of epoxide rings is 1. The molecular formula is C10H10N2OS. The van der Waals surface area contributed by atoms with Gasteiger partial charge in [0.1, 0.15) is 5.82 Å². The highest BCUT2D eigenvalue weighted by Gasteiger charge is 2.23. The quantitative estimate of drug-likeness (QED) is 0.719. The van der Waals surface area contributed by atoms with Crippen molar-refractivity contribution in [1.82, 2.24) is 9.55 Å². The highest BCUT2D eigenvalue weighted by atomic mass is 32.1. The van der Waals surface area contributed by atoms with E-state index in [0.717, 1.165) is 19.0 Å². The summed E-state index contributed by atoms with van der Waals surface area (Å²) in [7, 11) is 0. The highest BCUT2D eigenvalue weighted by Crippen LogP contribution is 2.24. The maximum Gasteiger partial charge on any atom is 0.150 e. The number of aromatic nitrogens is 2. The van der Waals surface area contributed by atoms with Crippen molar-refractivity contribution in [2.75, 3.05) is 6.61 Å². The predicted octanol–water partition coefficient (Wildman–Crippen LogP) is 2.01. The molecule has 0 spiro atoms. The van der Waals surface area contributed by atoms with Gasteiger partial charge in [0.2, 0.25) is 0 Å². The molecule has 4 heteroatoms. The van der Waals surface area contributed by atoms with Crippen LogP contribution in [0.3, 0.4) is 0 Å². The zero-order valence-electron chi connectivity index (χ0n) is 7.59. The van der Waals surface area contributed by atoms with E-state index in [0.29, 0.717) is 6.10 Å². The molecule has 0 amide bonds. The average molecular weight is 206 g/mol. The van der Waals surface area contributed by atoms with Crippen molar-refractivity contribution in [2.45, 2.75) is 12.6 Å². The number of nitrogens with zero attached hydrogens (tertiary/aromatic N) is 2. The molecule has 14 heavy (non-hydrogen) atoms. The maximum atomic E-state index is 5.21. The lowest BCUT2D eigenvalue weighted by molar-refractivity contribution is 0.384. The van der Waals surface area contributed by atoms with Crippen LogP contribution in [0.5, 0.6) is 0 Å². The van der Waals surface area contributed by atoms with Gasteiger partial charge in [0.25, 0.3) is 0 Å². The minimum absolute atomic E-state index is 0.405. The molecular weight excluding hydrogens is 196 g/mol. The Morgan fingerprint density at radius 3 is 3.29 bits per heavy atom. The zero-order chi connectivity index (χ0) is 9.38. The van der Waals surface area contributed by atoms with Crippen molar-refractivity contribution in [1.29, 1.82) is 0 Å². The number of rotatable bonds is 3. The molecule has 3 rings (SSSR count). The average Bonchev–Trinajstić information content (AvgIpc) is 2.68. The van der Waals surface area contributed by atoms with Gasteiger partial charge >= 0.3 is 0 Å². The molecule has 1 unspecified atom stereocenters. The minimum Gasteiger partial charge on any atom is -0.371 e. The molecule has 0 N–H and O–H groups in total. The molecule has 0 aromatic carbocycles. The lowest BCUT2D eigenvalue weighted by Gasteiger charge is -2.02. The van der Waals surface area contributed by atoms with Gasteiger partial charge in [0, 0.05) is 12.4 Å². The Hall–Kier alpha value is -1.13. The van der Waals surface area contributed by atoms with Crippen molar-refractivity contribution >= 4 is 11.3 Å². The molecule has 3 nitrogen and oxygen atoms in total. The van der Waals surface area contributed by atoms with Crippen LogP contribution in [0.4, 0.5) is 0 Å². The summed E-state index contributed by atoms with van der Waals surface area (Å²) in [6.45, 7) is 1.81. The van der Waals surface area contributed by atoms with Crippen molar-refractivity contribution in [3.63, 3.8) is 0 Å². The van der Waals surface area contributed by atoms with Gasteiger partial charge < -0.3 is 9.30 Å². The van der Waals surface area contributed by atoms with E-state index in [4.69, 9.17) is 4.74 Å². The van der Waals surface area contributed by atoms with E-state index >= 15 is 0 Å². The maximum absolute atomic E-state index is 5.21. The summed E-state index contributed by atoms with van der Waals surface area (Å²) in [6.07, 6.45) is 4.26. The third kappa shape index (κ3) is 1.47. The second kappa shape index (κ2) is 3.22. The summed E-state index contributed by atoms with van der Waals surface area (Å²) in [6, 6.07) is 4.14. The monoisotopic (exact) mass is 206 g/mol. The fraction of sp³-hybridized carbons (Fsp3) is 0.300. The Kier molecular flexibility index (Phi) is 1.89. The number of ether oxygens (including phenoxy) is 1. The van der Waals surface area contributed by atoms with E-state index in [1.165, 1.54) is 4.88 Å². The van der Waals surface area contributed by atoms with Crippen LogP contribution in [0.25, 0.3) is 10.7 Å². The summed E-state index contributed by atoms with van der Waals surface area (Å²) >= 11 is 1.72. The first kappa shape index (κ1) is 8.20. The number of imidazole rings is 1. The van der Waals surface area contributed by atoms with Crippen LogP contribution in [0.15, 0.2) is 29.9 Å². The van der Waals surface area contributed by atoms with E-state index in [1.54, 1.807) is 11.3 Å². The van der Waals surface area contributed by atoms with Gasteiger partial charge in [-0.3, -0.25) is 0 Å². The molecule has 2 aromatic rings. The first-order valence-corrected chi connectivity index (χ1v) is 5.48. The van der Waals surface area contributed by atoms with Crippen molar-refractivity contribution in [2.24, 2.45) is 0 Å². The molecule has 1 atom stereocenters. The smallest absolute Gasteiger partial charge is 0.150 e. The minimum atomic E-state index is 0.405. The van der Waals surface area contributed by atoms with E-state index in [9.17, 15) is 0 Å². The third-order valence-corrected chi connectivity index (χ3v) is 3.13. The van der Waals surface area contributed by atoms with Crippen molar-refractivity contribution in [3.8, 4) is 10.7 Å². The molecule has 1 aliphatic heterocycles. The largest absolute Gasteiger partial charge is 0.371 e. The zero-order valence-corrected chi connectivity index (χ0v) is 8.41. The summed E-state index contributed by atoms with van der Waals surface area (Å²) in [5, 5.41) is 2.07. The van der Waals surface area contributed by atoms with Crippen LogP contribution in [0, 0.1) is 0 Å². The Balaban J connectivity index is 1.92. The number of hydrogen-bond donors (Lipinski definition) is 0. The molecule has 1 fully saturated rings. The molecule has 3 heterocycles. The summed E-state index contributed by atoms with van der Waals surface area (Å²) in [4.78, 5) is 5.58. The van der Waals surface area contributed by atoms with Crippen LogP contribution in [-0.2, 0) is 11.3 Å². The van der Waals surface area contributed by atoms with E-state index in [-0.39, 0.29) is 0 Å². The summed E-state index contributed by atoms with van der Waals surface area (Å²) in [5.41, 5.74) is 0. The Labute approximate surface area is 86.0 Å². The van der Waals surface area contributed by atoms with Crippen molar-refractivity contribution < 1.29 is 4.74 Å². The van der Waals surface area contributed by atoms with Crippen LogP contribution in [0.2, 0.25) is 0 Å². The molecule has 0 bridgehead atoms. The summed E-state index contributed by atoms with van der Waals surface area (Å²) < 4.78 is 7.37. The van der Waals surface area contributed by atoms with Gasteiger partial charge in [-0.25, -0.2) is 4.98 Å². The molecule has 0 saturated carbocycles. The lowest BCUT2D eigenvalue weighted by Crippen LogP contribution is -2.03. The fourth-order valence-electron chi connectivity index (χ4n) is 1.48. The second-order valence-electron chi connectivity index (χ2n) is 3.34. The normalized spacial score (nSPS) is 19.9. The van der Waals surface area contributed by atoms with Gasteiger partial charge in [-0.2, -0.15) is 0 Å². The highest BCUT2D eigenvalue weighted by molar-refractivity contribution is 7.13. The molecule has 2 aromatic heterocycles. The van der Waals surface area contributed by atoms with Crippen LogP contribution in [-0.4, -0.2) is 22.3 Å². The van der Waals surface area contributed by atoms with Crippen LogP contribution in [0.1, 0.15) is 0 Å². The third-order valence-electron chi connectivity index (χ3n) is 2.26. The Morgan fingerprint density at radius 1 is 1.64 bits per heavy atom. The van der Waals surface area contributed by atoms with E-state index in [1.807, 2.05) is 18.5 Å². The lowest BCUT2D eigenvalue weighted by atomic mass is 10.4. The van der Waals surface area contributed by atoms with Gasteiger partial charge in [-0.05, 0) is 11.4 Å². The fourth-order valence-corrected chi connectivity index (χ4v) is 2.22. The Morgan fingerprint density at radius 2 is 2.57 bits per heavy atom. The van der Waals surface area contributed by atoms with Crippen LogP contribution < -0.4 is 0 Å². The standard InChI is InChI=1S/C10H10N2OS/c1-2-9(14-5-1)10-11-3-4-12(10)6-8-7-13-8/h1-5,8H,6-7H2. The van der Waals surface area contributed by atoms with Gasteiger partial charge in [-0.15, -0.1) is 11.3 Å². The first-order chi connectivity index (χ1) is 6.93. The predicted molar refractivity (Wildman–Crippen MR) is 55.3 cm³/mol. The molecule has 72 valence electrons. The van der Waals surface area contributed by atoms with Crippen LogP contribution >= 0.6 is 11.3 Å². The SMILES string of the molecule is c1csc(-c2nccn2CC2CO2)c1. The molecule has 1 aliphatic rings. The van der Waals surface area contributed by atoms with Gasteiger partial charge in [0.05, 0.1) is 24.1 Å². The summed E-state index contributed by atoms with van der Waals surface area (Å²) in [5.74, 6) is 1.05. The van der Waals surface area contributed by atoms with Gasteiger partial charge in [-0.1, -0.05) is 6.07 Å². The molecule has 0 radical (unpaired) electrons. The Bertz CT molecular complexity index is 417. The number of thiophene rings is 1. The molecule has 1 saturated heterocycles. The topological polar surface area (TPSA) is 30.4 Å². The van der Waals surface area contributed by atoms with E-state index < -0.39 is 0 Å². The second-order valence-corrected chi connectivity index (χ2v) is 4.28. The number of hydrogen-bond acceptors (Lipinski definition) is 3. The van der Waals surface area contributed by atoms with Crippen molar-refractivity contribution in [3.05, 3.63) is 29.9 Å². The van der Waals surface area contributed by atoms with Gasteiger partial charge in [0.15, 0.2) is 0 Å². The first-order valence-electron chi connectivity index (χ1n) is 4.60. The molecule has 0 aliphatic carbocycles.